The highest BCUT2D eigenvalue weighted by Gasteiger charge is 2.35. The molecule has 2 N–H and O–H groups in total. The SMILES string of the molecule is COc1ccc(S(=O)(=O)N2CCCC(C(=O)NC(Cc3ccccc3)C(=O)NC3CC3)C2)cc1. The standard InChI is InChI=1S/C25H31N3O5S/c1-33-21-11-13-22(14-12-21)34(31,32)28-15-5-8-19(17-28)24(29)27-23(25(30)26-20-9-10-20)16-18-6-3-2-4-7-18/h2-4,6-7,11-14,19-20,23H,5,8-10,15-17H2,1H3,(H,26,30)(H,27,29). The van der Waals surface area contributed by atoms with Crippen LogP contribution in [0.2, 0.25) is 0 Å². The maximum Gasteiger partial charge on any atom is 0.243 e. The van der Waals surface area contributed by atoms with Crippen LogP contribution in [0.15, 0.2) is 59.5 Å². The summed E-state index contributed by atoms with van der Waals surface area (Å²) in [6.07, 6.45) is 3.44. The molecule has 0 aromatic heterocycles. The molecule has 1 heterocycles. The summed E-state index contributed by atoms with van der Waals surface area (Å²) in [5.74, 6) is -0.433. The normalized spacial score (nSPS) is 19.7. The average molecular weight is 486 g/mol. The van der Waals surface area contributed by atoms with Crippen molar-refractivity contribution in [1.29, 1.82) is 0 Å². The van der Waals surface area contributed by atoms with E-state index >= 15 is 0 Å². The van der Waals surface area contributed by atoms with E-state index in [1.807, 2.05) is 30.3 Å². The lowest BCUT2D eigenvalue weighted by Gasteiger charge is -2.32. The average Bonchev–Trinajstić information content (AvgIpc) is 3.68. The molecule has 1 aliphatic carbocycles. The van der Waals surface area contributed by atoms with Gasteiger partial charge in [0, 0.05) is 25.6 Å². The number of sulfonamides is 1. The third-order valence-electron chi connectivity index (χ3n) is 6.29. The Bertz CT molecular complexity index is 1100. The number of carbonyl (C=O) groups is 2. The van der Waals surface area contributed by atoms with Gasteiger partial charge < -0.3 is 15.4 Å². The molecule has 9 heteroatoms. The fourth-order valence-electron chi connectivity index (χ4n) is 4.15. The fraction of sp³-hybridized carbons (Fsp3) is 0.440. The van der Waals surface area contributed by atoms with Crippen LogP contribution >= 0.6 is 0 Å². The number of hydrogen-bond donors (Lipinski definition) is 2. The molecule has 4 rings (SSSR count). The number of hydrogen-bond acceptors (Lipinski definition) is 5. The number of methoxy groups -OCH3 is 1. The zero-order valence-corrected chi connectivity index (χ0v) is 20.1. The number of nitrogens with one attached hydrogen (secondary N) is 2. The van der Waals surface area contributed by atoms with Gasteiger partial charge in [0.2, 0.25) is 21.8 Å². The minimum absolute atomic E-state index is 0.0858. The van der Waals surface area contributed by atoms with Gasteiger partial charge in [-0.1, -0.05) is 30.3 Å². The van der Waals surface area contributed by atoms with Crippen molar-refractivity contribution in [2.24, 2.45) is 5.92 Å². The molecule has 34 heavy (non-hydrogen) atoms. The molecule has 8 nitrogen and oxygen atoms in total. The summed E-state index contributed by atoms with van der Waals surface area (Å²) in [6.45, 7) is 0.441. The smallest absolute Gasteiger partial charge is 0.243 e. The van der Waals surface area contributed by atoms with Crippen molar-refractivity contribution in [2.75, 3.05) is 20.2 Å². The number of nitrogens with zero attached hydrogens (tertiary/aromatic N) is 1. The molecule has 2 atom stereocenters. The van der Waals surface area contributed by atoms with Crippen LogP contribution < -0.4 is 15.4 Å². The zero-order valence-electron chi connectivity index (χ0n) is 19.3. The predicted molar refractivity (Wildman–Crippen MR) is 128 cm³/mol. The first-order valence-electron chi connectivity index (χ1n) is 11.7. The Balaban J connectivity index is 1.44. The highest BCUT2D eigenvalue weighted by Crippen LogP contribution is 2.25. The minimum Gasteiger partial charge on any atom is -0.497 e. The van der Waals surface area contributed by atoms with Gasteiger partial charge in [0.05, 0.1) is 17.9 Å². The lowest BCUT2D eigenvalue weighted by molar-refractivity contribution is -0.131. The molecular formula is C25H31N3O5S. The van der Waals surface area contributed by atoms with Crippen LogP contribution in [0.5, 0.6) is 5.75 Å². The molecule has 0 spiro atoms. The van der Waals surface area contributed by atoms with Crippen molar-refractivity contribution in [3.05, 3.63) is 60.2 Å². The largest absolute Gasteiger partial charge is 0.497 e. The Labute approximate surface area is 200 Å². The second-order valence-corrected chi connectivity index (χ2v) is 10.8. The molecule has 1 saturated heterocycles. The topological polar surface area (TPSA) is 105 Å². The molecule has 1 saturated carbocycles. The molecule has 2 unspecified atom stereocenters. The van der Waals surface area contributed by atoms with Gasteiger partial charge in [0.25, 0.3) is 0 Å². The summed E-state index contributed by atoms with van der Waals surface area (Å²) in [5, 5.41) is 5.88. The van der Waals surface area contributed by atoms with Gasteiger partial charge in [0.1, 0.15) is 11.8 Å². The predicted octanol–water partition coefficient (Wildman–Crippen LogP) is 2.10. The summed E-state index contributed by atoms with van der Waals surface area (Å²) in [5.41, 5.74) is 0.950. The minimum atomic E-state index is -3.74. The molecule has 0 radical (unpaired) electrons. The van der Waals surface area contributed by atoms with E-state index in [0.29, 0.717) is 31.6 Å². The number of amides is 2. The number of piperidine rings is 1. The first-order chi connectivity index (χ1) is 16.4. The van der Waals surface area contributed by atoms with Crippen molar-refractivity contribution in [3.8, 4) is 5.75 Å². The molecule has 2 amide bonds. The summed E-state index contributed by atoms with van der Waals surface area (Å²) < 4.78 is 32.8. The van der Waals surface area contributed by atoms with E-state index in [2.05, 4.69) is 10.6 Å². The third-order valence-corrected chi connectivity index (χ3v) is 8.17. The van der Waals surface area contributed by atoms with Crippen LogP contribution in [-0.4, -0.2) is 56.8 Å². The van der Waals surface area contributed by atoms with E-state index in [0.717, 1.165) is 18.4 Å². The van der Waals surface area contributed by atoms with Gasteiger partial charge in [-0.2, -0.15) is 4.31 Å². The summed E-state index contributed by atoms with van der Waals surface area (Å²) in [6, 6.07) is 15.3. The highest BCUT2D eigenvalue weighted by atomic mass is 32.2. The monoisotopic (exact) mass is 485 g/mol. The molecule has 2 fully saturated rings. The van der Waals surface area contributed by atoms with Crippen molar-refractivity contribution in [3.63, 3.8) is 0 Å². The van der Waals surface area contributed by atoms with Crippen LogP contribution in [0.3, 0.4) is 0 Å². The number of rotatable bonds is 9. The fourth-order valence-corrected chi connectivity index (χ4v) is 5.67. The maximum absolute atomic E-state index is 13.2. The van der Waals surface area contributed by atoms with E-state index in [-0.39, 0.29) is 29.3 Å². The van der Waals surface area contributed by atoms with Gasteiger partial charge >= 0.3 is 0 Å². The molecule has 0 bridgehead atoms. The summed E-state index contributed by atoms with van der Waals surface area (Å²) in [4.78, 5) is 26.2. The van der Waals surface area contributed by atoms with Gasteiger partial charge in [-0.05, 0) is 55.5 Å². The van der Waals surface area contributed by atoms with Crippen LogP contribution in [0.1, 0.15) is 31.2 Å². The molecule has 2 aromatic rings. The number of benzene rings is 2. The highest BCUT2D eigenvalue weighted by molar-refractivity contribution is 7.89. The summed E-state index contributed by atoms with van der Waals surface area (Å²) >= 11 is 0. The number of carbonyl (C=O) groups excluding carboxylic acids is 2. The van der Waals surface area contributed by atoms with Crippen molar-refractivity contribution in [1.82, 2.24) is 14.9 Å². The molecule has 2 aromatic carbocycles. The van der Waals surface area contributed by atoms with Crippen LogP contribution in [0.4, 0.5) is 0 Å². The van der Waals surface area contributed by atoms with Crippen LogP contribution in [0.25, 0.3) is 0 Å². The number of ether oxygens (including phenoxy) is 1. The van der Waals surface area contributed by atoms with E-state index < -0.39 is 22.0 Å². The molecule has 2 aliphatic rings. The molecule has 182 valence electrons. The lowest BCUT2D eigenvalue weighted by atomic mass is 9.97. The quantitative estimate of drug-likeness (QED) is 0.566. The van der Waals surface area contributed by atoms with Gasteiger partial charge in [0.15, 0.2) is 0 Å². The first-order valence-corrected chi connectivity index (χ1v) is 13.1. The van der Waals surface area contributed by atoms with Crippen LogP contribution in [0, 0.1) is 5.92 Å². The Hall–Kier alpha value is -2.91. The van der Waals surface area contributed by atoms with Crippen molar-refractivity contribution >= 4 is 21.8 Å². The van der Waals surface area contributed by atoms with E-state index in [9.17, 15) is 18.0 Å². The second-order valence-electron chi connectivity index (χ2n) is 8.91. The van der Waals surface area contributed by atoms with Crippen molar-refractivity contribution in [2.45, 2.75) is 49.1 Å². The lowest BCUT2D eigenvalue weighted by Crippen LogP contribution is -2.52. The Kier molecular flexibility index (Phi) is 7.53. The van der Waals surface area contributed by atoms with Gasteiger partial charge in [-0.25, -0.2) is 8.42 Å². The third kappa shape index (κ3) is 5.95. The van der Waals surface area contributed by atoms with E-state index in [1.54, 1.807) is 12.1 Å². The van der Waals surface area contributed by atoms with Gasteiger partial charge in [-0.15, -0.1) is 0 Å². The maximum atomic E-state index is 13.2. The summed E-state index contributed by atoms with van der Waals surface area (Å²) in [7, 11) is -2.21. The van der Waals surface area contributed by atoms with Crippen LogP contribution in [-0.2, 0) is 26.0 Å². The Morgan fingerprint density at radius 3 is 2.41 bits per heavy atom. The van der Waals surface area contributed by atoms with Crippen molar-refractivity contribution < 1.29 is 22.7 Å². The Morgan fingerprint density at radius 1 is 1.06 bits per heavy atom. The molecular weight excluding hydrogens is 454 g/mol. The van der Waals surface area contributed by atoms with E-state index in [4.69, 9.17) is 4.74 Å². The Morgan fingerprint density at radius 2 is 1.76 bits per heavy atom. The first kappa shape index (κ1) is 24.2. The molecule has 1 aliphatic heterocycles. The second kappa shape index (κ2) is 10.6. The van der Waals surface area contributed by atoms with Gasteiger partial charge in [-0.3, -0.25) is 9.59 Å². The zero-order chi connectivity index (χ0) is 24.1. The van der Waals surface area contributed by atoms with E-state index in [1.165, 1.54) is 23.5 Å².